The van der Waals surface area contributed by atoms with Gasteiger partial charge in [0.15, 0.2) is 0 Å². The number of halogens is 1. The van der Waals surface area contributed by atoms with Crippen LogP contribution in [-0.2, 0) is 0 Å². The third-order valence-electron chi connectivity index (χ3n) is 1.92. The van der Waals surface area contributed by atoms with Gasteiger partial charge in [-0.15, -0.1) is 0 Å². The van der Waals surface area contributed by atoms with Crippen molar-refractivity contribution >= 4 is 15.9 Å². The van der Waals surface area contributed by atoms with Gasteiger partial charge in [-0.3, -0.25) is 0 Å². The number of aromatic nitrogens is 1. The molecule has 0 aliphatic carbocycles. The van der Waals surface area contributed by atoms with E-state index in [0.717, 1.165) is 16.8 Å². The van der Waals surface area contributed by atoms with Crippen LogP contribution in [0.1, 0.15) is 18.2 Å². The first kappa shape index (κ1) is 7.25. The van der Waals surface area contributed by atoms with E-state index in [2.05, 4.69) is 32.3 Å². The fourth-order valence-corrected chi connectivity index (χ4v) is 1.52. The lowest BCUT2D eigenvalue weighted by Gasteiger charge is -2.26. The van der Waals surface area contributed by atoms with Crippen LogP contribution in [0.25, 0.3) is 0 Å². The van der Waals surface area contributed by atoms with Gasteiger partial charge < -0.3 is 5.32 Å². The Hall–Kier alpha value is -0.410. The van der Waals surface area contributed by atoms with E-state index in [4.69, 9.17) is 0 Å². The lowest BCUT2D eigenvalue weighted by molar-refractivity contribution is 0.375. The van der Waals surface area contributed by atoms with Gasteiger partial charge in [-0.05, 0) is 41.0 Å². The average molecular weight is 213 g/mol. The molecule has 1 N–H and O–H groups in total. The molecule has 1 aliphatic heterocycles. The van der Waals surface area contributed by atoms with Crippen LogP contribution < -0.4 is 5.32 Å². The van der Waals surface area contributed by atoms with Gasteiger partial charge in [-0.1, -0.05) is 6.07 Å². The van der Waals surface area contributed by atoms with E-state index in [1.165, 1.54) is 6.42 Å². The van der Waals surface area contributed by atoms with Crippen LogP contribution in [0.15, 0.2) is 22.8 Å². The summed E-state index contributed by atoms with van der Waals surface area (Å²) < 4.78 is 0.920. The molecule has 2 nitrogen and oxygen atoms in total. The monoisotopic (exact) mass is 212 g/mol. The Morgan fingerprint density at radius 1 is 1.55 bits per heavy atom. The molecule has 1 fully saturated rings. The molecule has 3 heteroatoms. The smallest absolute Gasteiger partial charge is 0.106 e. The van der Waals surface area contributed by atoms with Gasteiger partial charge in [-0.2, -0.15) is 0 Å². The summed E-state index contributed by atoms with van der Waals surface area (Å²) in [5, 5.41) is 3.31. The minimum Gasteiger partial charge on any atom is -0.309 e. The number of rotatable bonds is 1. The molecule has 11 heavy (non-hydrogen) atoms. The van der Waals surface area contributed by atoms with Crippen LogP contribution in [0.2, 0.25) is 0 Å². The number of hydrogen-bond donors (Lipinski definition) is 1. The van der Waals surface area contributed by atoms with Gasteiger partial charge in [0.05, 0.1) is 11.7 Å². The van der Waals surface area contributed by atoms with E-state index in [-0.39, 0.29) is 0 Å². The summed E-state index contributed by atoms with van der Waals surface area (Å²) in [4.78, 5) is 4.35. The molecule has 0 saturated carbocycles. The summed E-state index contributed by atoms with van der Waals surface area (Å²) in [7, 11) is 0. The van der Waals surface area contributed by atoms with Crippen molar-refractivity contribution in [2.24, 2.45) is 0 Å². The van der Waals surface area contributed by atoms with Crippen molar-refractivity contribution in [2.75, 3.05) is 6.54 Å². The Bertz CT molecular complexity index is 258. The largest absolute Gasteiger partial charge is 0.309 e. The fourth-order valence-electron chi connectivity index (χ4n) is 1.16. The minimum absolute atomic E-state index is 0.493. The molecule has 2 rings (SSSR count). The second-order valence-corrected chi connectivity index (χ2v) is 3.49. The van der Waals surface area contributed by atoms with Crippen molar-refractivity contribution < 1.29 is 0 Å². The average Bonchev–Trinajstić information content (AvgIpc) is 1.83. The van der Waals surface area contributed by atoms with Gasteiger partial charge in [0.2, 0.25) is 0 Å². The van der Waals surface area contributed by atoms with Crippen LogP contribution >= 0.6 is 15.9 Å². The third-order valence-corrected chi connectivity index (χ3v) is 2.36. The topological polar surface area (TPSA) is 24.9 Å². The van der Waals surface area contributed by atoms with Crippen LogP contribution in [0, 0.1) is 0 Å². The Labute approximate surface area is 74.2 Å². The SMILES string of the molecule is Brc1cccc(C2CCN2)n1. The van der Waals surface area contributed by atoms with Gasteiger partial charge in [0.1, 0.15) is 4.60 Å². The zero-order valence-corrected chi connectivity index (χ0v) is 7.63. The fraction of sp³-hybridized carbons (Fsp3) is 0.375. The molecule has 2 heterocycles. The maximum Gasteiger partial charge on any atom is 0.106 e. The molecule has 0 spiro atoms. The van der Waals surface area contributed by atoms with E-state index in [1.807, 2.05) is 12.1 Å². The summed E-state index contributed by atoms with van der Waals surface area (Å²) in [6.07, 6.45) is 1.21. The molecule has 1 atom stereocenters. The zero-order chi connectivity index (χ0) is 7.68. The Morgan fingerprint density at radius 2 is 2.36 bits per heavy atom. The highest BCUT2D eigenvalue weighted by Gasteiger charge is 2.19. The van der Waals surface area contributed by atoms with E-state index in [9.17, 15) is 0 Å². The molecular formula is C8H9BrN2. The number of hydrogen-bond acceptors (Lipinski definition) is 2. The molecule has 1 saturated heterocycles. The van der Waals surface area contributed by atoms with Crippen molar-refractivity contribution in [3.8, 4) is 0 Å². The molecule has 1 aromatic rings. The normalized spacial score (nSPS) is 22.8. The van der Waals surface area contributed by atoms with E-state index in [0.29, 0.717) is 6.04 Å². The first-order valence-electron chi connectivity index (χ1n) is 3.72. The quantitative estimate of drug-likeness (QED) is 0.720. The molecule has 1 aliphatic rings. The van der Waals surface area contributed by atoms with Gasteiger partial charge in [0.25, 0.3) is 0 Å². The molecule has 0 aromatic carbocycles. The predicted molar refractivity (Wildman–Crippen MR) is 47.3 cm³/mol. The van der Waals surface area contributed by atoms with Crippen molar-refractivity contribution in [3.05, 3.63) is 28.5 Å². The summed E-state index contributed by atoms with van der Waals surface area (Å²) >= 11 is 3.34. The highest BCUT2D eigenvalue weighted by atomic mass is 79.9. The molecule has 0 radical (unpaired) electrons. The summed E-state index contributed by atoms with van der Waals surface area (Å²) in [6, 6.07) is 6.52. The molecule has 0 amide bonds. The Balaban J connectivity index is 2.23. The summed E-state index contributed by atoms with van der Waals surface area (Å²) in [6.45, 7) is 1.12. The number of pyridine rings is 1. The van der Waals surface area contributed by atoms with E-state index in [1.54, 1.807) is 0 Å². The van der Waals surface area contributed by atoms with Crippen molar-refractivity contribution in [3.63, 3.8) is 0 Å². The van der Waals surface area contributed by atoms with Gasteiger partial charge >= 0.3 is 0 Å². The minimum atomic E-state index is 0.493. The lowest BCUT2D eigenvalue weighted by atomic mass is 10.0. The molecule has 0 bridgehead atoms. The first-order valence-corrected chi connectivity index (χ1v) is 4.51. The standard InChI is InChI=1S/C8H9BrN2/c9-8-3-1-2-7(11-8)6-4-5-10-6/h1-3,6,10H,4-5H2. The Kier molecular flexibility index (Phi) is 1.92. The third kappa shape index (κ3) is 1.44. The molecule has 1 unspecified atom stereocenters. The van der Waals surface area contributed by atoms with Gasteiger partial charge in [0, 0.05) is 0 Å². The molecular weight excluding hydrogens is 204 g/mol. The van der Waals surface area contributed by atoms with E-state index < -0.39 is 0 Å². The number of nitrogens with zero attached hydrogens (tertiary/aromatic N) is 1. The molecule has 1 aromatic heterocycles. The Morgan fingerprint density at radius 3 is 2.91 bits per heavy atom. The van der Waals surface area contributed by atoms with Crippen molar-refractivity contribution in [1.29, 1.82) is 0 Å². The molecule has 58 valence electrons. The van der Waals surface area contributed by atoms with E-state index >= 15 is 0 Å². The van der Waals surface area contributed by atoms with Crippen molar-refractivity contribution in [1.82, 2.24) is 10.3 Å². The van der Waals surface area contributed by atoms with Crippen LogP contribution in [0.4, 0.5) is 0 Å². The van der Waals surface area contributed by atoms with Crippen LogP contribution in [0.3, 0.4) is 0 Å². The lowest BCUT2D eigenvalue weighted by Crippen LogP contribution is -2.35. The second-order valence-electron chi connectivity index (χ2n) is 2.68. The van der Waals surface area contributed by atoms with Gasteiger partial charge in [-0.25, -0.2) is 4.98 Å². The second kappa shape index (κ2) is 2.91. The highest BCUT2D eigenvalue weighted by Crippen LogP contribution is 2.21. The zero-order valence-electron chi connectivity index (χ0n) is 6.05. The summed E-state index contributed by atoms with van der Waals surface area (Å²) in [5.74, 6) is 0. The number of nitrogens with one attached hydrogen (secondary N) is 1. The van der Waals surface area contributed by atoms with Crippen LogP contribution in [-0.4, -0.2) is 11.5 Å². The maximum atomic E-state index is 4.35. The predicted octanol–water partition coefficient (Wildman–Crippen LogP) is 1.88. The highest BCUT2D eigenvalue weighted by molar-refractivity contribution is 9.10. The first-order chi connectivity index (χ1) is 5.36. The summed E-state index contributed by atoms with van der Waals surface area (Å²) in [5.41, 5.74) is 1.14. The maximum absolute atomic E-state index is 4.35. The van der Waals surface area contributed by atoms with Crippen molar-refractivity contribution in [2.45, 2.75) is 12.5 Å². The van der Waals surface area contributed by atoms with Crippen LogP contribution in [0.5, 0.6) is 0 Å².